The van der Waals surface area contributed by atoms with Crippen LogP contribution in [0.4, 0.5) is 11.8 Å². The zero-order chi connectivity index (χ0) is 22.1. The largest absolute Gasteiger partial charge is 0.497 e. The van der Waals surface area contributed by atoms with Crippen molar-refractivity contribution < 1.29 is 4.74 Å². The monoisotopic (exact) mass is 426 g/mol. The minimum absolute atomic E-state index is 0.521. The molecule has 2 aromatic carbocycles. The molecule has 0 bridgehead atoms. The SMILES string of the molecule is COc1ccc2[nH]cc(CCN(C)c3ncc(Cc4ccc5[nH]ccc5c4)c(N)n3)c2c1. The summed E-state index contributed by atoms with van der Waals surface area (Å²) in [6.07, 6.45) is 7.40. The van der Waals surface area contributed by atoms with Crippen LogP contribution < -0.4 is 15.4 Å². The lowest BCUT2D eigenvalue weighted by Crippen LogP contribution is -2.23. The molecule has 4 N–H and O–H groups in total. The van der Waals surface area contributed by atoms with E-state index in [-0.39, 0.29) is 0 Å². The summed E-state index contributed by atoms with van der Waals surface area (Å²) in [5.41, 5.74) is 11.9. The van der Waals surface area contributed by atoms with E-state index in [0.29, 0.717) is 18.2 Å². The molecule has 0 radical (unpaired) electrons. The van der Waals surface area contributed by atoms with Crippen molar-refractivity contribution in [3.05, 3.63) is 77.7 Å². The predicted octanol–water partition coefficient (Wildman–Crippen LogP) is 4.30. The number of methoxy groups -OCH3 is 1. The summed E-state index contributed by atoms with van der Waals surface area (Å²) in [7, 11) is 3.68. The number of fused-ring (bicyclic) bond motifs is 2. The van der Waals surface area contributed by atoms with Gasteiger partial charge >= 0.3 is 0 Å². The van der Waals surface area contributed by atoms with Crippen LogP contribution >= 0.6 is 0 Å². The maximum Gasteiger partial charge on any atom is 0.227 e. The number of hydrogen-bond donors (Lipinski definition) is 3. The van der Waals surface area contributed by atoms with Gasteiger partial charge in [-0.1, -0.05) is 6.07 Å². The minimum Gasteiger partial charge on any atom is -0.497 e. The molecule has 0 saturated heterocycles. The summed E-state index contributed by atoms with van der Waals surface area (Å²) in [5.74, 6) is 2.01. The Bertz CT molecular complexity index is 1390. The number of benzene rings is 2. The minimum atomic E-state index is 0.521. The molecule has 0 fully saturated rings. The Balaban J connectivity index is 1.28. The first-order valence-corrected chi connectivity index (χ1v) is 10.6. The van der Waals surface area contributed by atoms with Gasteiger partial charge in [-0.3, -0.25) is 0 Å². The molecule has 0 aliphatic rings. The van der Waals surface area contributed by atoms with Crippen LogP contribution in [0.3, 0.4) is 0 Å². The number of aromatic nitrogens is 4. The van der Waals surface area contributed by atoms with E-state index in [1.807, 2.05) is 36.5 Å². The topological polar surface area (TPSA) is 95.8 Å². The Kier molecular flexibility index (Phi) is 5.15. The van der Waals surface area contributed by atoms with Crippen LogP contribution in [0, 0.1) is 0 Å². The highest BCUT2D eigenvalue weighted by Gasteiger charge is 2.11. The number of nitrogens with two attached hydrogens (primary N) is 1. The lowest BCUT2D eigenvalue weighted by molar-refractivity contribution is 0.415. The molecule has 5 rings (SSSR count). The lowest BCUT2D eigenvalue weighted by atomic mass is 10.1. The molecule has 0 saturated carbocycles. The number of nitrogens with zero attached hydrogens (tertiary/aromatic N) is 3. The first-order chi connectivity index (χ1) is 15.6. The standard InChI is InChI=1S/C25H26N6O/c1-31(10-8-18-14-28-23-6-4-20(32-2)13-21(18)23)25-29-15-19(24(26)30-25)12-16-3-5-22-17(11-16)7-9-27-22/h3-7,9,11,13-15,27-28H,8,10,12H2,1-2H3,(H2,26,29,30). The summed E-state index contributed by atoms with van der Waals surface area (Å²) < 4.78 is 5.37. The highest BCUT2D eigenvalue weighted by molar-refractivity contribution is 5.84. The second kappa shape index (κ2) is 8.26. The number of H-pyrrole nitrogens is 2. The van der Waals surface area contributed by atoms with E-state index in [4.69, 9.17) is 10.5 Å². The van der Waals surface area contributed by atoms with E-state index in [1.54, 1.807) is 7.11 Å². The predicted molar refractivity (Wildman–Crippen MR) is 129 cm³/mol. The van der Waals surface area contributed by atoms with Crippen molar-refractivity contribution in [3.8, 4) is 5.75 Å². The fourth-order valence-corrected chi connectivity index (χ4v) is 4.04. The lowest BCUT2D eigenvalue weighted by Gasteiger charge is -2.18. The molecule has 7 heteroatoms. The summed E-state index contributed by atoms with van der Waals surface area (Å²) in [4.78, 5) is 17.7. The average Bonchev–Trinajstić information content (AvgIpc) is 3.44. The normalized spacial score (nSPS) is 11.3. The van der Waals surface area contributed by atoms with E-state index in [0.717, 1.165) is 35.3 Å². The number of rotatable bonds is 7. The van der Waals surface area contributed by atoms with Gasteiger partial charge in [-0.25, -0.2) is 4.98 Å². The van der Waals surface area contributed by atoms with E-state index in [9.17, 15) is 0 Å². The zero-order valence-electron chi connectivity index (χ0n) is 18.2. The van der Waals surface area contributed by atoms with Crippen molar-refractivity contribution >= 4 is 33.6 Å². The van der Waals surface area contributed by atoms with E-state index in [2.05, 4.69) is 56.5 Å². The third-order valence-electron chi connectivity index (χ3n) is 5.93. The van der Waals surface area contributed by atoms with Crippen molar-refractivity contribution in [2.24, 2.45) is 0 Å². The van der Waals surface area contributed by atoms with Gasteiger partial charge < -0.3 is 25.3 Å². The second-order valence-electron chi connectivity index (χ2n) is 8.05. The Morgan fingerprint density at radius 1 is 1.03 bits per heavy atom. The summed E-state index contributed by atoms with van der Waals surface area (Å²) in [6.45, 7) is 0.771. The molecule has 0 aliphatic heterocycles. The average molecular weight is 427 g/mol. The quantitative estimate of drug-likeness (QED) is 0.361. The molecule has 3 heterocycles. The van der Waals surface area contributed by atoms with Crippen LogP contribution in [0.25, 0.3) is 21.8 Å². The fourth-order valence-electron chi connectivity index (χ4n) is 4.04. The van der Waals surface area contributed by atoms with Crippen LogP contribution in [0.5, 0.6) is 5.75 Å². The van der Waals surface area contributed by atoms with Gasteiger partial charge in [0.05, 0.1) is 7.11 Å². The van der Waals surface area contributed by atoms with Gasteiger partial charge in [-0.15, -0.1) is 0 Å². The van der Waals surface area contributed by atoms with Crippen molar-refractivity contribution in [1.29, 1.82) is 0 Å². The number of likely N-dealkylation sites (N-methyl/N-ethyl adjacent to an activating group) is 1. The number of aromatic amines is 2. The van der Waals surface area contributed by atoms with E-state index in [1.165, 1.54) is 21.9 Å². The van der Waals surface area contributed by atoms with Crippen molar-refractivity contribution in [1.82, 2.24) is 19.9 Å². The Morgan fingerprint density at radius 3 is 2.75 bits per heavy atom. The summed E-state index contributed by atoms with van der Waals surface area (Å²) in [6, 6.07) is 14.5. The maximum absolute atomic E-state index is 6.29. The molecule has 7 nitrogen and oxygen atoms in total. The molecule has 0 unspecified atom stereocenters. The van der Waals surface area contributed by atoms with Gasteiger partial charge in [0.25, 0.3) is 0 Å². The van der Waals surface area contributed by atoms with Crippen LogP contribution in [0.1, 0.15) is 16.7 Å². The first kappa shape index (κ1) is 19.9. The number of nitrogens with one attached hydrogen (secondary N) is 2. The Hall–Kier alpha value is -4.00. The van der Waals surface area contributed by atoms with Crippen LogP contribution in [0.2, 0.25) is 0 Å². The molecule has 0 atom stereocenters. The number of nitrogen functional groups attached to an aromatic ring is 1. The smallest absolute Gasteiger partial charge is 0.227 e. The zero-order valence-corrected chi connectivity index (χ0v) is 18.2. The molecule has 0 spiro atoms. The molecule has 3 aromatic heterocycles. The van der Waals surface area contributed by atoms with Gasteiger partial charge in [0.2, 0.25) is 5.95 Å². The second-order valence-corrected chi connectivity index (χ2v) is 8.05. The van der Waals surface area contributed by atoms with E-state index >= 15 is 0 Å². The van der Waals surface area contributed by atoms with E-state index < -0.39 is 0 Å². The first-order valence-electron chi connectivity index (χ1n) is 10.6. The van der Waals surface area contributed by atoms with Crippen molar-refractivity contribution in [2.75, 3.05) is 31.3 Å². The molecule has 0 amide bonds. The molecule has 0 aliphatic carbocycles. The summed E-state index contributed by atoms with van der Waals surface area (Å²) >= 11 is 0. The maximum atomic E-state index is 6.29. The molecular formula is C25H26N6O. The van der Waals surface area contributed by atoms with Crippen LogP contribution in [-0.2, 0) is 12.8 Å². The Morgan fingerprint density at radius 2 is 1.91 bits per heavy atom. The summed E-state index contributed by atoms with van der Waals surface area (Å²) in [5, 5.41) is 2.36. The third kappa shape index (κ3) is 3.85. The number of hydrogen-bond acceptors (Lipinski definition) is 5. The molecule has 32 heavy (non-hydrogen) atoms. The number of ether oxygens (including phenoxy) is 1. The fraction of sp³-hybridized carbons (Fsp3) is 0.200. The van der Waals surface area contributed by atoms with Crippen LogP contribution in [-0.4, -0.2) is 40.6 Å². The van der Waals surface area contributed by atoms with Crippen molar-refractivity contribution in [2.45, 2.75) is 12.8 Å². The Labute approximate surface area is 186 Å². The molecule has 5 aromatic rings. The molecular weight excluding hydrogens is 400 g/mol. The van der Waals surface area contributed by atoms with Crippen LogP contribution in [0.15, 0.2) is 61.1 Å². The third-order valence-corrected chi connectivity index (χ3v) is 5.93. The highest BCUT2D eigenvalue weighted by atomic mass is 16.5. The number of anilines is 2. The van der Waals surface area contributed by atoms with Gasteiger partial charge in [0.15, 0.2) is 0 Å². The van der Waals surface area contributed by atoms with Gasteiger partial charge in [-0.05, 0) is 59.3 Å². The highest BCUT2D eigenvalue weighted by Crippen LogP contribution is 2.25. The van der Waals surface area contributed by atoms with Gasteiger partial charge in [0, 0.05) is 60.6 Å². The van der Waals surface area contributed by atoms with Crippen molar-refractivity contribution in [3.63, 3.8) is 0 Å². The van der Waals surface area contributed by atoms with Gasteiger partial charge in [0.1, 0.15) is 11.6 Å². The molecule has 162 valence electrons. The van der Waals surface area contributed by atoms with Gasteiger partial charge in [-0.2, -0.15) is 4.98 Å².